The number of hydrogen-bond donors (Lipinski definition) is 1. The van der Waals surface area contributed by atoms with Crippen molar-refractivity contribution in [3.05, 3.63) is 134 Å². The Hall–Kier alpha value is -3.36. The van der Waals surface area contributed by atoms with E-state index in [4.69, 9.17) is 18.5 Å². The third-order valence-corrected chi connectivity index (χ3v) is 11.2. The first-order valence-corrected chi connectivity index (χ1v) is 27.4. The third-order valence-electron chi connectivity index (χ3n) is 10.2. The van der Waals surface area contributed by atoms with Crippen LogP contribution in [0.25, 0.3) is 0 Å². The molecule has 380 valence electrons. The summed E-state index contributed by atoms with van der Waals surface area (Å²) in [5, 5.41) is 0. The molecule has 0 fully saturated rings. The average Bonchev–Trinajstić information content (AvgIpc) is 3.29. The van der Waals surface area contributed by atoms with Crippen LogP contribution in [0.1, 0.15) is 168 Å². The lowest BCUT2D eigenvalue weighted by Gasteiger charge is -2.24. The van der Waals surface area contributed by atoms with E-state index in [-0.39, 0.29) is 32.2 Å². The van der Waals surface area contributed by atoms with Gasteiger partial charge in [0.25, 0.3) is 0 Å². The summed E-state index contributed by atoms with van der Waals surface area (Å²) in [6.07, 6.45) is 72.2. The molecular weight excluding hydrogens is 854 g/mol. The SMILES string of the molecule is CC/C=C\C/C=C\C/C=C\C/C=C\C/C=C\C/C=C\CCCCC(=O)OC(COCCCCCCCCCC/C=C\C/C=C\C/C=C\C/C=C\C/C=C\CC)COP(=O)(O)OCC[N+](C)(C)C. The number of carbonyl (C=O) groups is 1. The number of hydrogen-bond acceptors (Lipinski definition) is 6. The van der Waals surface area contributed by atoms with Crippen molar-refractivity contribution < 1.29 is 37.3 Å². The molecule has 9 heteroatoms. The Labute approximate surface area is 411 Å². The second kappa shape index (κ2) is 49.1. The predicted octanol–water partition coefficient (Wildman–Crippen LogP) is 16.3. The van der Waals surface area contributed by atoms with Crippen molar-refractivity contribution in [1.82, 2.24) is 0 Å². The summed E-state index contributed by atoms with van der Waals surface area (Å²) < 4.78 is 35.1. The monoisotopic (exact) mass is 951 g/mol. The van der Waals surface area contributed by atoms with Crippen molar-refractivity contribution >= 4 is 13.8 Å². The number of unbranched alkanes of at least 4 members (excludes halogenated alkanes) is 10. The molecule has 8 nitrogen and oxygen atoms in total. The maximum absolute atomic E-state index is 12.8. The predicted molar refractivity (Wildman–Crippen MR) is 288 cm³/mol. The number of esters is 1. The molecule has 67 heavy (non-hydrogen) atoms. The molecule has 0 heterocycles. The fraction of sp³-hybridized carbons (Fsp3) is 0.603. The van der Waals surface area contributed by atoms with E-state index in [1.54, 1.807) is 0 Å². The molecule has 0 bridgehead atoms. The van der Waals surface area contributed by atoms with Gasteiger partial charge in [-0.1, -0.05) is 186 Å². The number of likely N-dealkylation sites (N-methyl/N-ethyl adjacent to an activating group) is 1. The number of phosphoric ester groups is 1. The van der Waals surface area contributed by atoms with E-state index in [2.05, 4.69) is 148 Å². The molecule has 0 aliphatic rings. The first-order valence-electron chi connectivity index (χ1n) is 25.9. The van der Waals surface area contributed by atoms with Gasteiger partial charge in [0.2, 0.25) is 0 Å². The minimum atomic E-state index is -4.31. The van der Waals surface area contributed by atoms with Crippen LogP contribution in [0.3, 0.4) is 0 Å². The van der Waals surface area contributed by atoms with Crippen molar-refractivity contribution in [1.29, 1.82) is 0 Å². The topological polar surface area (TPSA) is 91.3 Å². The Morgan fingerprint density at radius 2 is 0.821 bits per heavy atom. The Morgan fingerprint density at radius 3 is 1.22 bits per heavy atom. The van der Waals surface area contributed by atoms with Gasteiger partial charge in [-0.05, 0) is 109 Å². The second-order valence-electron chi connectivity index (χ2n) is 17.8. The van der Waals surface area contributed by atoms with Crippen molar-refractivity contribution in [3.63, 3.8) is 0 Å². The summed E-state index contributed by atoms with van der Waals surface area (Å²) in [5.41, 5.74) is 0. The maximum atomic E-state index is 12.8. The largest absolute Gasteiger partial charge is 0.472 e. The Kier molecular flexibility index (Phi) is 46.6. The maximum Gasteiger partial charge on any atom is 0.472 e. The van der Waals surface area contributed by atoms with E-state index in [1.807, 2.05) is 21.1 Å². The highest BCUT2D eigenvalue weighted by atomic mass is 31.2. The summed E-state index contributed by atoms with van der Waals surface area (Å²) in [7, 11) is 1.61. The molecule has 0 saturated carbocycles. The van der Waals surface area contributed by atoms with E-state index in [1.165, 1.54) is 32.1 Å². The van der Waals surface area contributed by atoms with E-state index >= 15 is 0 Å². The molecule has 0 amide bonds. The highest BCUT2D eigenvalue weighted by Gasteiger charge is 2.26. The average molecular weight is 951 g/mol. The molecular formula is C58H97NO7P+. The minimum absolute atomic E-state index is 0.0695. The zero-order valence-electron chi connectivity index (χ0n) is 43.1. The van der Waals surface area contributed by atoms with Gasteiger partial charge in [0, 0.05) is 13.0 Å². The molecule has 1 N–H and O–H groups in total. The zero-order chi connectivity index (χ0) is 49.0. The van der Waals surface area contributed by atoms with Crippen LogP contribution in [-0.2, 0) is 27.9 Å². The molecule has 2 atom stereocenters. The normalized spacial score (nSPS) is 14.7. The number of nitrogens with zero attached hydrogens (tertiary/aromatic N) is 1. The number of ether oxygens (including phenoxy) is 2. The van der Waals surface area contributed by atoms with Crippen LogP contribution in [0.5, 0.6) is 0 Å². The Morgan fingerprint density at radius 1 is 0.463 bits per heavy atom. The first-order chi connectivity index (χ1) is 32.6. The quantitative estimate of drug-likeness (QED) is 0.0214. The van der Waals surface area contributed by atoms with Gasteiger partial charge in [-0.25, -0.2) is 4.57 Å². The molecule has 0 aliphatic heterocycles. The van der Waals surface area contributed by atoms with E-state index in [9.17, 15) is 14.3 Å². The molecule has 0 spiro atoms. The van der Waals surface area contributed by atoms with Crippen molar-refractivity contribution in [2.45, 2.75) is 174 Å². The minimum Gasteiger partial charge on any atom is -0.457 e. The summed E-state index contributed by atoms with van der Waals surface area (Å²) in [4.78, 5) is 23.0. The van der Waals surface area contributed by atoms with Gasteiger partial charge in [0.1, 0.15) is 19.3 Å². The number of rotatable bonds is 46. The number of phosphoric acid groups is 1. The second-order valence-corrected chi connectivity index (χ2v) is 19.2. The molecule has 0 aromatic rings. The molecule has 0 radical (unpaired) electrons. The van der Waals surface area contributed by atoms with Gasteiger partial charge in [0.15, 0.2) is 0 Å². The van der Waals surface area contributed by atoms with Crippen LogP contribution in [0.15, 0.2) is 134 Å². The highest BCUT2D eigenvalue weighted by Crippen LogP contribution is 2.43. The lowest BCUT2D eigenvalue weighted by Crippen LogP contribution is -2.37. The fourth-order valence-corrected chi connectivity index (χ4v) is 7.03. The summed E-state index contributed by atoms with van der Waals surface area (Å²) in [6, 6.07) is 0. The first kappa shape index (κ1) is 63.6. The van der Waals surface area contributed by atoms with Crippen LogP contribution in [0, 0.1) is 0 Å². The van der Waals surface area contributed by atoms with Crippen LogP contribution >= 0.6 is 7.82 Å². The van der Waals surface area contributed by atoms with Gasteiger partial charge in [0.05, 0.1) is 34.4 Å². The molecule has 0 aliphatic carbocycles. The third kappa shape index (κ3) is 53.5. The molecule has 0 aromatic carbocycles. The van der Waals surface area contributed by atoms with Crippen LogP contribution in [0.4, 0.5) is 0 Å². The zero-order valence-corrected chi connectivity index (χ0v) is 44.0. The van der Waals surface area contributed by atoms with Crippen LogP contribution < -0.4 is 0 Å². The smallest absolute Gasteiger partial charge is 0.457 e. The number of allylic oxidation sites excluding steroid dienone is 22. The highest BCUT2D eigenvalue weighted by molar-refractivity contribution is 7.47. The number of quaternary nitrogens is 1. The van der Waals surface area contributed by atoms with Gasteiger partial charge in [-0.15, -0.1) is 0 Å². The van der Waals surface area contributed by atoms with Gasteiger partial charge in [-0.3, -0.25) is 13.8 Å². The molecule has 0 aromatic heterocycles. The molecule has 0 rings (SSSR count). The Bertz CT molecular complexity index is 1520. The summed E-state index contributed by atoms with van der Waals surface area (Å²) in [5.74, 6) is -0.364. The van der Waals surface area contributed by atoms with Gasteiger partial charge < -0.3 is 18.9 Å². The van der Waals surface area contributed by atoms with Crippen molar-refractivity contribution in [2.24, 2.45) is 0 Å². The standard InChI is InChI=1S/C58H96NO7P/c1-6-8-10-12-14-16-18-20-22-24-26-28-29-30-32-34-36-38-40-42-44-46-48-50-53-63-55-57(56-65-67(61,62)64-54-52-59(3,4)5)66-58(60)51-49-47-45-43-41-39-37-35-33-31-27-25-23-21-19-17-15-13-11-9-7-2/h8-11,14-17,20-23,26-28,30-32,35,37,41,43,57H,6-7,12-13,18-19,24-25,29,33-34,36,38-40,42,44-56H2,1-5H3/p+1/b10-8-,11-9-,16-14-,17-15-,22-20-,23-21-,28-26-,31-27-,32-30-,37-35-,43-41-. The van der Waals surface area contributed by atoms with Crippen molar-refractivity contribution in [2.75, 3.05) is 54.1 Å². The summed E-state index contributed by atoms with van der Waals surface area (Å²) in [6.45, 7) is 5.28. The number of carbonyl (C=O) groups excluding carboxylic acids is 1. The van der Waals surface area contributed by atoms with Crippen LogP contribution in [0.2, 0.25) is 0 Å². The molecule has 0 saturated heterocycles. The fourth-order valence-electron chi connectivity index (χ4n) is 6.29. The lowest BCUT2D eigenvalue weighted by molar-refractivity contribution is -0.870. The van der Waals surface area contributed by atoms with E-state index in [0.717, 1.165) is 109 Å². The lowest BCUT2D eigenvalue weighted by atomic mass is 10.1. The Balaban J connectivity index is 4.28. The van der Waals surface area contributed by atoms with Crippen molar-refractivity contribution in [3.8, 4) is 0 Å². The molecule has 2 unspecified atom stereocenters. The van der Waals surface area contributed by atoms with E-state index < -0.39 is 13.9 Å². The van der Waals surface area contributed by atoms with Gasteiger partial charge >= 0.3 is 13.8 Å². The van der Waals surface area contributed by atoms with E-state index in [0.29, 0.717) is 24.1 Å². The summed E-state index contributed by atoms with van der Waals surface area (Å²) >= 11 is 0. The van der Waals surface area contributed by atoms with Gasteiger partial charge in [-0.2, -0.15) is 0 Å². The van der Waals surface area contributed by atoms with Crippen LogP contribution in [-0.4, -0.2) is 75.6 Å².